The first-order valence-corrected chi connectivity index (χ1v) is 7.33. The first-order valence-electron chi connectivity index (χ1n) is 6.54. The number of amides is 2. The summed E-state index contributed by atoms with van der Waals surface area (Å²) in [7, 11) is 0. The maximum Gasteiger partial charge on any atom is 0.337 e. The topological polar surface area (TPSA) is 86.7 Å². The molecule has 1 fully saturated rings. The number of hydrogen-bond donors (Lipinski definition) is 2. The lowest BCUT2D eigenvalue weighted by Crippen LogP contribution is -2.28. The Morgan fingerprint density at radius 3 is 2.76 bits per heavy atom. The van der Waals surface area contributed by atoms with Gasteiger partial charge < -0.3 is 15.3 Å². The molecule has 0 spiro atoms. The third-order valence-corrected chi connectivity index (χ3v) is 4.12. The molecule has 6 nitrogen and oxygen atoms in total. The number of aromatic carboxylic acids is 1. The predicted molar refractivity (Wildman–Crippen MR) is 80.1 cm³/mol. The van der Waals surface area contributed by atoms with Crippen LogP contribution in [0.1, 0.15) is 23.7 Å². The summed E-state index contributed by atoms with van der Waals surface area (Å²) in [5.74, 6) is -1.97. The lowest BCUT2D eigenvalue weighted by atomic mass is 10.1. The van der Waals surface area contributed by atoms with E-state index in [2.05, 4.69) is 21.2 Å². The maximum atomic E-state index is 12.2. The number of benzene rings is 1. The number of carboxylic acid groups (broad SMARTS) is 1. The van der Waals surface area contributed by atoms with Gasteiger partial charge in [-0.2, -0.15) is 0 Å². The molecule has 1 saturated heterocycles. The van der Waals surface area contributed by atoms with Crippen molar-refractivity contribution < 1.29 is 19.5 Å². The Morgan fingerprint density at radius 2 is 2.19 bits per heavy atom. The molecule has 1 unspecified atom stereocenters. The molecular formula is C14H15BrN2O4. The highest BCUT2D eigenvalue weighted by Gasteiger charge is 2.34. The zero-order chi connectivity index (χ0) is 15.6. The van der Waals surface area contributed by atoms with E-state index < -0.39 is 11.9 Å². The van der Waals surface area contributed by atoms with Gasteiger partial charge in [-0.3, -0.25) is 9.59 Å². The Morgan fingerprint density at radius 1 is 1.48 bits per heavy atom. The summed E-state index contributed by atoms with van der Waals surface area (Å²) in [5, 5.41) is 11.8. The van der Waals surface area contributed by atoms with Crippen molar-refractivity contribution in [1.82, 2.24) is 4.90 Å². The van der Waals surface area contributed by atoms with Crippen LogP contribution in [-0.4, -0.2) is 40.9 Å². The molecule has 2 amide bonds. The lowest BCUT2D eigenvalue weighted by molar-refractivity contribution is -0.128. The highest BCUT2D eigenvalue weighted by molar-refractivity contribution is 9.10. The third-order valence-electron chi connectivity index (χ3n) is 3.46. The maximum absolute atomic E-state index is 12.2. The third kappa shape index (κ3) is 3.24. The molecule has 7 heteroatoms. The number of nitrogens with zero attached hydrogens (tertiary/aromatic N) is 1. The summed E-state index contributed by atoms with van der Waals surface area (Å²) in [5.41, 5.74) is 0.229. The van der Waals surface area contributed by atoms with E-state index in [4.69, 9.17) is 5.11 Å². The van der Waals surface area contributed by atoms with Gasteiger partial charge in [0.05, 0.1) is 17.2 Å². The van der Waals surface area contributed by atoms with E-state index in [9.17, 15) is 14.4 Å². The van der Waals surface area contributed by atoms with Crippen molar-refractivity contribution in [2.45, 2.75) is 13.3 Å². The number of rotatable bonds is 4. The first kappa shape index (κ1) is 15.5. The Hall–Kier alpha value is -1.89. The van der Waals surface area contributed by atoms with Crippen molar-refractivity contribution in [3.05, 3.63) is 28.2 Å². The Bertz CT molecular complexity index is 603. The normalized spacial score (nSPS) is 17.9. The standard InChI is InChI=1S/C14H15BrN2O4/c1-2-17-7-8(6-11(17)18)13(19)16-12-9(14(20)21)4-3-5-10(12)15/h3-5,8H,2,6-7H2,1H3,(H,16,19)(H,20,21). The number of anilines is 1. The van der Waals surface area contributed by atoms with Gasteiger partial charge in [-0.25, -0.2) is 4.79 Å². The molecule has 1 atom stereocenters. The van der Waals surface area contributed by atoms with Crippen molar-refractivity contribution in [1.29, 1.82) is 0 Å². The highest BCUT2D eigenvalue weighted by Crippen LogP contribution is 2.28. The van der Waals surface area contributed by atoms with E-state index in [0.717, 1.165) is 0 Å². The Balaban J connectivity index is 2.18. The fourth-order valence-corrected chi connectivity index (χ4v) is 2.77. The number of carboxylic acids is 1. The van der Waals surface area contributed by atoms with Crippen LogP contribution in [-0.2, 0) is 9.59 Å². The van der Waals surface area contributed by atoms with E-state index >= 15 is 0 Å². The lowest BCUT2D eigenvalue weighted by Gasteiger charge is -2.15. The largest absolute Gasteiger partial charge is 0.478 e. The minimum atomic E-state index is -1.12. The van der Waals surface area contributed by atoms with E-state index in [0.29, 0.717) is 17.6 Å². The smallest absolute Gasteiger partial charge is 0.337 e. The fraction of sp³-hybridized carbons (Fsp3) is 0.357. The number of likely N-dealkylation sites (tertiary alicyclic amines) is 1. The summed E-state index contributed by atoms with van der Waals surface area (Å²) in [4.78, 5) is 36.7. The fourth-order valence-electron chi connectivity index (χ4n) is 2.31. The second-order valence-electron chi connectivity index (χ2n) is 4.79. The van der Waals surface area contributed by atoms with Gasteiger partial charge in [0.2, 0.25) is 11.8 Å². The molecule has 1 aliphatic rings. The van der Waals surface area contributed by atoms with E-state index in [1.807, 2.05) is 6.92 Å². The molecule has 0 aliphatic carbocycles. The molecule has 1 aromatic rings. The Labute approximate surface area is 130 Å². The molecule has 112 valence electrons. The minimum absolute atomic E-state index is 0.00870. The van der Waals surface area contributed by atoms with Crippen LogP contribution in [0.2, 0.25) is 0 Å². The van der Waals surface area contributed by atoms with Crippen LogP contribution in [0.25, 0.3) is 0 Å². The van der Waals surface area contributed by atoms with E-state index in [1.54, 1.807) is 17.0 Å². The predicted octanol–water partition coefficient (Wildman–Crippen LogP) is 1.95. The van der Waals surface area contributed by atoms with Crippen molar-refractivity contribution in [3.8, 4) is 0 Å². The second kappa shape index (κ2) is 6.26. The average Bonchev–Trinajstić information content (AvgIpc) is 2.82. The summed E-state index contributed by atoms with van der Waals surface area (Å²) in [6.45, 7) is 2.79. The van der Waals surface area contributed by atoms with Crippen LogP contribution in [0.5, 0.6) is 0 Å². The summed E-state index contributed by atoms with van der Waals surface area (Å²) >= 11 is 3.23. The van der Waals surface area contributed by atoms with Crippen LogP contribution in [0.15, 0.2) is 22.7 Å². The van der Waals surface area contributed by atoms with Crippen molar-refractivity contribution in [2.24, 2.45) is 5.92 Å². The molecule has 0 aromatic heterocycles. The molecule has 1 heterocycles. The molecule has 2 N–H and O–H groups in total. The second-order valence-corrected chi connectivity index (χ2v) is 5.64. The summed E-state index contributed by atoms with van der Waals surface area (Å²) in [6.07, 6.45) is 0.159. The van der Waals surface area contributed by atoms with Crippen LogP contribution in [0.3, 0.4) is 0 Å². The number of halogens is 1. The van der Waals surface area contributed by atoms with Gasteiger partial charge in [0, 0.05) is 24.0 Å². The van der Waals surface area contributed by atoms with Crippen molar-refractivity contribution >= 4 is 39.4 Å². The number of hydrogen-bond acceptors (Lipinski definition) is 3. The van der Waals surface area contributed by atoms with Gasteiger partial charge in [0.25, 0.3) is 0 Å². The van der Waals surface area contributed by atoms with Crippen LogP contribution < -0.4 is 5.32 Å². The molecule has 0 bridgehead atoms. The molecule has 21 heavy (non-hydrogen) atoms. The van der Waals surface area contributed by atoms with Gasteiger partial charge in [-0.15, -0.1) is 0 Å². The number of para-hydroxylation sites is 1. The average molecular weight is 355 g/mol. The zero-order valence-corrected chi connectivity index (χ0v) is 13.0. The highest BCUT2D eigenvalue weighted by atomic mass is 79.9. The van der Waals surface area contributed by atoms with Crippen LogP contribution >= 0.6 is 15.9 Å². The molecular weight excluding hydrogens is 340 g/mol. The van der Waals surface area contributed by atoms with Crippen molar-refractivity contribution in [3.63, 3.8) is 0 Å². The van der Waals surface area contributed by atoms with Crippen molar-refractivity contribution in [2.75, 3.05) is 18.4 Å². The van der Waals surface area contributed by atoms with Gasteiger partial charge in [0.15, 0.2) is 0 Å². The zero-order valence-electron chi connectivity index (χ0n) is 11.4. The first-order chi connectivity index (χ1) is 9.93. The number of carbonyl (C=O) groups excluding carboxylic acids is 2. The molecule has 1 aliphatic heterocycles. The molecule has 0 radical (unpaired) electrons. The van der Waals surface area contributed by atoms with Crippen LogP contribution in [0.4, 0.5) is 5.69 Å². The van der Waals surface area contributed by atoms with Crippen LogP contribution in [0, 0.1) is 5.92 Å². The van der Waals surface area contributed by atoms with E-state index in [-0.39, 0.29) is 29.5 Å². The molecule has 1 aromatic carbocycles. The van der Waals surface area contributed by atoms with E-state index in [1.165, 1.54) is 6.07 Å². The number of carbonyl (C=O) groups is 3. The van der Waals surface area contributed by atoms with Gasteiger partial charge in [0.1, 0.15) is 0 Å². The SMILES string of the molecule is CCN1CC(C(=O)Nc2c(Br)cccc2C(=O)O)CC1=O. The quantitative estimate of drug-likeness (QED) is 0.865. The molecule has 2 rings (SSSR count). The summed E-state index contributed by atoms with van der Waals surface area (Å²) < 4.78 is 0.493. The minimum Gasteiger partial charge on any atom is -0.478 e. The van der Waals surface area contributed by atoms with Gasteiger partial charge in [-0.1, -0.05) is 6.07 Å². The van der Waals surface area contributed by atoms with Gasteiger partial charge in [-0.05, 0) is 35.0 Å². The Kier molecular flexibility index (Phi) is 4.62. The number of nitrogens with one attached hydrogen (secondary N) is 1. The molecule has 0 saturated carbocycles. The van der Waals surface area contributed by atoms with Gasteiger partial charge >= 0.3 is 5.97 Å². The monoisotopic (exact) mass is 354 g/mol. The summed E-state index contributed by atoms with van der Waals surface area (Å²) in [6, 6.07) is 4.65.